The summed E-state index contributed by atoms with van der Waals surface area (Å²) in [5.41, 5.74) is 0.897. The van der Waals surface area contributed by atoms with E-state index in [0.717, 1.165) is 5.69 Å². The van der Waals surface area contributed by atoms with Crippen LogP contribution in [-0.2, 0) is 0 Å². The van der Waals surface area contributed by atoms with E-state index in [4.69, 9.17) is 4.74 Å². The standard InChI is InChI=1S/C15H18N8O/c1-2-24-14-11-16-10-13(19-14)17-8-9-18-15-20-21-22-23(15)12-6-4-3-5-7-12/h3-7,10-11H,2,8-9H2,1H3,(H,17,19)(H,18,20,22). The number of nitrogens with zero attached hydrogens (tertiary/aromatic N) is 6. The topological polar surface area (TPSA) is 103 Å². The zero-order valence-electron chi connectivity index (χ0n) is 13.3. The molecule has 9 heteroatoms. The minimum atomic E-state index is 0.503. The van der Waals surface area contributed by atoms with E-state index in [1.54, 1.807) is 17.1 Å². The van der Waals surface area contributed by atoms with Crippen molar-refractivity contribution in [3.05, 3.63) is 42.7 Å². The molecule has 124 valence electrons. The highest BCUT2D eigenvalue weighted by molar-refractivity contribution is 5.39. The fourth-order valence-corrected chi connectivity index (χ4v) is 2.06. The smallest absolute Gasteiger partial charge is 0.247 e. The normalized spacial score (nSPS) is 10.4. The number of para-hydroxylation sites is 1. The monoisotopic (exact) mass is 326 g/mol. The molecule has 2 N–H and O–H groups in total. The second-order valence-electron chi connectivity index (χ2n) is 4.78. The lowest BCUT2D eigenvalue weighted by atomic mass is 10.3. The molecule has 0 saturated carbocycles. The zero-order valence-corrected chi connectivity index (χ0v) is 13.3. The number of anilines is 2. The summed E-state index contributed by atoms with van der Waals surface area (Å²) in [6, 6.07) is 9.70. The van der Waals surface area contributed by atoms with Crippen molar-refractivity contribution in [1.82, 2.24) is 30.2 Å². The number of nitrogens with one attached hydrogen (secondary N) is 2. The van der Waals surface area contributed by atoms with Crippen molar-refractivity contribution in [3.8, 4) is 11.6 Å². The molecule has 0 spiro atoms. The first-order chi connectivity index (χ1) is 11.9. The van der Waals surface area contributed by atoms with Crippen molar-refractivity contribution in [3.63, 3.8) is 0 Å². The Hall–Kier alpha value is -3.23. The van der Waals surface area contributed by atoms with E-state index >= 15 is 0 Å². The molecule has 0 aliphatic rings. The molecule has 3 rings (SSSR count). The molecule has 24 heavy (non-hydrogen) atoms. The van der Waals surface area contributed by atoms with E-state index < -0.39 is 0 Å². The van der Waals surface area contributed by atoms with Gasteiger partial charge in [-0.05, 0) is 29.5 Å². The molecule has 0 aliphatic heterocycles. The van der Waals surface area contributed by atoms with Crippen molar-refractivity contribution in [2.45, 2.75) is 6.92 Å². The van der Waals surface area contributed by atoms with Gasteiger partial charge in [-0.2, -0.15) is 9.67 Å². The molecular weight excluding hydrogens is 308 g/mol. The molecule has 0 aliphatic carbocycles. The maximum absolute atomic E-state index is 5.32. The molecular formula is C15H18N8O. The highest BCUT2D eigenvalue weighted by Gasteiger charge is 2.06. The SMILES string of the molecule is CCOc1cncc(NCCNc2nnnn2-c2ccccc2)n1. The molecule has 0 atom stereocenters. The van der Waals surface area contributed by atoms with E-state index in [-0.39, 0.29) is 0 Å². The predicted molar refractivity (Wildman–Crippen MR) is 89.3 cm³/mol. The fourth-order valence-electron chi connectivity index (χ4n) is 2.06. The second-order valence-corrected chi connectivity index (χ2v) is 4.78. The predicted octanol–water partition coefficient (Wildman–Crippen LogP) is 1.37. The first-order valence-corrected chi connectivity index (χ1v) is 7.63. The summed E-state index contributed by atoms with van der Waals surface area (Å²) in [6.07, 6.45) is 3.23. The molecule has 0 radical (unpaired) electrons. The lowest BCUT2D eigenvalue weighted by molar-refractivity contribution is 0.325. The Morgan fingerprint density at radius 3 is 2.75 bits per heavy atom. The van der Waals surface area contributed by atoms with Gasteiger partial charge in [-0.15, -0.1) is 0 Å². The number of rotatable bonds is 8. The van der Waals surface area contributed by atoms with Gasteiger partial charge in [0.2, 0.25) is 11.8 Å². The number of hydrogen-bond acceptors (Lipinski definition) is 8. The zero-order chi connectivity index (χ0) is 16.6. The van der Waals surface area contributed by atoms with Gasteiger partial charge in [0, 0.05) is 13.1 Å². The molecule has 0 unspecified atom stereocenters. The number of ether oxygens (including phenoxy) is 1. The molecule has 2 heterocycles. The third kappa shape index (κ3) is 3.94. The van der Waals surface area contributed by atoms with Crippen molar-refractivity contribution in [2.75, 3.05) is 30.3 Å². The van der Waals surface area contributed by atoms with E-state index in [0.29, 0.717) is 37.3 Å². The van der Waals surface area contributed by atoms with Crippen LogP contribution in [0.4, 0.5) is 11.8 Å². The molecule has 0 bridgehead atoms. The van der Waals surface area contributed by atoms with Crippen LogP contribution in [0.3, 0.4) is 0 Å². The number of hydrogen-bond donors (Lipinski definition) is 2. The average molecular weight is 326 g/mol. The van der Waals surface area contributed by atoms with Gasteiger partial charge in [0.05, 0.1) is 24.7 Å². The molecule has 0 amide bonds. The minimum Gasteiger partial charge on any atom is -0.477 e. The molecule has 3 aromatic rings. The molecule has 2 aromatic heterocycles. The summed E-state index contributed by atoms with van der Waals surface area (Å²) >= 11 is 0. The Labute approximate surface area is 139 Å². The van der Waals surface area contributed by atoms with Gasteiger partial charge in [0.15, 0.2) is 0 Å². The summed E-state index contributed by atoms with van der Waals surface area (Å²) < 4.78 is 6.97. The third-order valence-electron chi connectivity index (χ3n) is 3.09. The molecule has 0 saturated heterocycles. The lowest BCUT2D eigenvalue weighted by Crippen LogP contribution is -2.17. The van der Waals surface area contributed by atoms with E-state index in [1.807, 2.05) is 37.3 Å². The van der Waals surface area contributed by atoms with Crippen molar-refractivity contribution in [2.24, 2.45) is 0 Å². The van der Waals surface area contributed by atoms with Crippen LogP contribution in [0.1, 0.15) is 6.92 Å². The van der Waals surface area contributed by atoms with Gasteiger partial charge in [0.1, 0.15) is 5.82 Å². The van der Waals surface area contributed by atoms with Gasteiger partial charge >= 0.3 is 0 Å². The van der Waals surface area contributed by atoms with Crippen LogP contribution in [0.5, 0.6) is 5.88 Å². The van der Waals surface area contributed by atoms with Crippen LogP contribution < -0.4 is 15.4 Å². The highest BCUT2D eigenvalue weighted by atomic mass is 16.5. The highest BCUT2D eigenvalue weighted by Crippen LogP contribution is 2.11. The van der Waals surface area contributed by atoms with Crippen LogP contribution in [0.15, 0.2) is 42.7 Å². The average Bonchev–Trinajstić information content (AvgIpc) is 3.09. The van der Waals surface area contributed by atoms with E-state index in [9.17, 15) is 0 Å². The summed E-state index contributed by atoms with van der Waals surface area (Å²) in [5.74, 6) is 1.74. The number of aromatic nitrogens is 6. The van der Waals surface area contributed by atoms with Crippen molar-refractivity contribution in [1.29, 1.82) is 0 Å². The molecule has 0 fully saturated rings. The Morgan fingerprint density at radius 2 is 1.92 bits per heavy atom. The van der Waals surface area contributed by atoms with E-state index in [2.05, 4.69) is 36.1 Å². The molecule has 9 nitrogen and oxygen atoms in total. The van der Waals surface area contributed by atoms with E-state index in [1.165, 1.54) is 0 Å². The minimum absolute atomic E-state index is 0.503. The van der Waals surface area contributed by atoms with Crippen LogP contribution in [0.25, 0.3) is 5.69 Å². The van der Waals surface area contributed by atoms with Crippen molar-refractivity contribution < 1.29 is 4.74 Å². The van der Waals surface area contributed by atoms with Gasteiger partial charge in [0.25, 0.3) is 0 Å². The van der Waals surface area contributed by atoms with Crippen LogP contribution in [0, 0.1) is 0 Å². The molecule has 1 aromatic carbocycles. The Morgan fingerprint density at radius 1 is 1.08 bits per heavy atom. The van der Waals surface area contributed by atoms with Gasteiger partial charge in [-0.3, -0.25) is 4.98 Å². The first kappa shape index (κ1) is 15.7. The number of benzene rings is 1. The summed E-state index contributed by atoms with van der Waals surface area (Å²) in [7, 11) is 0. The Kier molecular flexibility index (Phi) is 5.13. The number of tetrazole rings is 1. The maximum Gasteiger partial charge on any atom is 0.247 e. The summed E-state index contributed by atoms with van der Waals surface area (Å²) in [6.45, 7) is 3.71. The largest absolute Gasteiger partial charge is 0.477 e. The third-order valence-corrected chi connectivity index (χ3v) is 3.09. The fraction of sp³-hybridized carbons (Fsp3) is 0.267. The summed E-state index contributed by atoms with van der Waals surface area (Å²) in [4.78, 5) is 8.37. The van der Waals surface area contributed by atoms with Gasteiger partial charge < -0.3 is 15.4 Å². The van der Waals surface area contributed by atoms with Gasteiger partial charge in [-0.25, -0.2) is 0 Å². The van der Waals surface area contributed by atoms with Crippen LogP contribution in [0.2, 0.25) is 0 Å². The lowest BCUT2D eigenvalue weighted by Gasteiger charge is -2.09. The summed E-state index contributed by atoms with van der Waals surface area (Å²) in [5, 5.41) is 18.0. The second kappa shape index (κ2) is 7.86. The maximum atomic E-state index is 5.32. The Balaban J connectivity index is 1.53. The quantitative estimate of drug-likeness (QED) is 0.598. The Bertz CT molecular complexity index is 761. The first-order valence-electron chi connectivity index (χ1n) is 7.63. The van der Waals surface area contributed by atoms with Crippen LogP contribution >= 0.6 is 0 Å². The van der Waals surface area contributed by atoms with Crippen LogP contribution in [-0.4, -0.2) is 49.9 Å². The van der Waals surface area contributed by atoms with Gasteiger partial charge in [-0.1, -0.05) is 23.3 Å². The van der Waals surface area contributed by atoms with Crippen molar-refractivity contribution >= 4 is 11.8 Å².